The lowest BCUT2D eigenvalue weighted by Gasteiger charge is -2.40. The minimum absolute atomic E-state index is 0.218. The van der Waals surface area contributed by atoms with Gasteiger partial charge in [0, 0.05) is 20.0 Å². The van der Waals surface area contributed by atoms with Crippen LogP contribution in [0, 0.1) is 0 Å². The van der Waals surface area contributed by atoms with E-state index in [-0.39, 0.29) is 29.1 Å². The van der Waals surface area contributed by atoms with E-state index in [9.17, 15) is 14.8 Å². The van der Waals surface area contributed by atoms with Crippen molar-refractivity contribution in [2.24, 2.45) is 0 Å². The standard InChI is InChI=1S/C16H23ClN4O3/c1-12(22)18-15-5-4-13(10-14(15)17)20(24)16(23)11-21(3)8-6-19(2)7-9-21/h4-5,10,24H,6-9,11H2,1-3H3/p+1. The summed E-state index contributed by atoms with van der Waals surface area (Å²) in [6, 6.07) is 4.55. The molecule has 0 saturated carbocycles. The van der Waals surface area contributed by atoms with Gasteiger partial charge in [0.25, 0.3) is 0 Å². The summed E-state index contributed by atoms with van der Waals surface area (Å²) in [6.07, 6.45) is 0. The number of benzene rings is 1. The fraction of sp³-hybridized carbons (Fsp3) is 0.500. The van der Waals surface area contributed by atoms with Crippen molar-refractivity contribution >= 4 is 34.8 Å². The summed E-state index contributed by atoms with van der Waals surface area (Å²) in [5, 5.41) is 13.7. The number of halogens is 1. The molecule has 0 radical (unpaired) electrons. The first kappa shape index (κ1) is 18.7. The Morgan fingerprint density at radius 1 is 1.38 bits per heavy atom. The van der Waals surface area contributed by atoms with Gasteiger partial charge in [-0.3, -0.25) is 19.7 Å². The highest BCUT2D eigenvalue weighted by atomic mass is 35.5. The number of carbonyl (C=O) groups is 2. The van der Waals surface area contributed by atoms with Crippen LogP contribution in [0.1, 0.15) is 6.92 Å². The summed E-state index contributed by atoms with van der Waals surface area (Å²) in [5.41, 5.74) is 0.714. The molecule has 1 aliphatic heterocycles. The van der Waals surface area contributed by atoms with E-state index in [4.69, 9.17) is 11.6 Å². The number of anilines is 2. The molecule has 0 aliphatic carbocycles. The van der Waals surface area contributed by atoms with Crippen molar-refractivity contribution in [1.29, 1.82) is 0 Å². The smallest absolute Gasteiger partial charge is 0.305 e. The van der Waals surface area contributed by atoms with E-state index in [1.807, 2.05) is 7.05 Å². The molecule has 24 heavy (non-hydrogen) atoms. The first-order valence-electron chi connectivity index (χ1n) is 7.81. The quantitative estimate of drug-likeness (QED) is 0.486. The second-order valence-corrected chi connectivity index (χ2v) is 6.99. The number of rotatable bonds is 4. The van der Waals surface area contributed by atoms with E-state index in [1.54, 1.807) is 12.1 Å². The minimum atomic E-state index is -0.384. The number of hydrogen-bond acceptors (Lipinski definition) is 4. The molecule has 1 aromatic carbocycles. The lowest BCUT2D eigenvalue weighted by Crippen LogP contribution is -2.59. The van der Waals surface area contributed by atoms with Crippen LogP contribution in [0.3, 0.4) is 0 Å². The molecule has 0 atom stereocenters. The number of likely N-dealkylation sites (N-methyl/N-ethyl adjacent to an activating group) is 2. The van der Waals surface area contributed by atoms with E-state index in [1.165, 1.54) is 13.0 Å². The van der Waals surface area contributed by atoms with Gasteiger partial charge in [-0.1, -0.05) is 11.6 Å². The average Bonchev–Trinajstić information content (AvgIpc) is 2.51. The maximum Gasteiger partial charge on any atom is 0.305 e. The molecule has 0 bridgehead atoms. The van der Waals surface area contributed by atoms with Gasteiger partial charge >= 0.3 is 5.91 Å². The van der Waals surface area contributed by atoms with Gasteiger partial charge in [0.05, 0.1) is 36.5 Å². The number of amides is 2. The van der Waals surface area contributed by atoms with Crippen molar-refractivity contribution in [3.05, 3.63) is 23.2 Å². The second kappa shape index (κ2) is 7.48. The van der Waals surface area contributed by atoms with Crippen LogP contribution >= 0.6 is 11.6 Å². The molecule has 1 aliphatic rings. The monoisotopic (exact) mass is 355 g/mol. The number of quaternary nitrogens is 1. The van der Waals surface area contributed by atoms with Crippen molar-refractivity contribution in [1.82, 2.24) is 4.90 Å². The molecule has 1 saturated heterocycles. The molecule has 0 unspecified atom stereocenters. The number of hydroxylamine groups is 1. The van der Waals surface area contributed by atoms with Gasteiger partial charge in [-0.25, -0.2) is 0 Å². The Bertz CT molecular complexity index is 630. The number of carbonyl (C=O) groups excluding carboxylic acids is 2. The van der Waals surface area contributed by atoms with Gasteiger partial charge in [0.1, 0.15) is 0 Å². The number of nitrogens with one attached hydrogen (secondary N) is 1. The molecule has 2 amide bonds. The molecule has 2 N–H and O–H groups in total. The third-order valence-corrected chi connectivity index (χ3v) is 4.62. The highest BCUT2D eigenvalue weighted by Crippen LogP contribution is 2.27. The summed E-state index contributed by atoms with van der Waals surface area (Å²) >= 11 is 6.08. The Morgan fingerprint density at radius 3 is 2.54 bits per heavy atom. The molecule has 0 spiro atoms. The average molecular weight is 356 g/mol. The van der Waals surface area contributed by atoms with E-state index in [0.29, 0.717) is 15.2 Å². The Kier molecular flexibility index (Phi) is 5.82. The van der Waals surface area contributed by atoms with Crippen LogP contribution in [0.2, 0.25) is 5.02 Å². The number of nitrogens with zero attached hydrogens (tertiary/aromatic N) is 3. The van der Waals surface area contributed by atoms with Crippen LogP contribution in [0.5, 0.6) is 0 Å². The van der Waals surface area contributed by atoms with Crippen molar-refractivity contribution in [2.75, 3.05) is 57.2 Å². The molecule has 132 valence electrons. The van der Waals surface area contributed by atoms with Crippen LogP contribution in [0.15, 0.2) is 18.2 Å². The van der Waals surface area contributed by atoms with E-state index >= 15 is 0 Å². The fourth-order valence-corrected chi connectivity index (χ4v) is 2.89. The molecule has 2 rings (SSSR count). The second-order valence-electron chi connectivity index (χ2n) is 6.58. The minimum Gasteiger partial charge on any atom is -0.325 e. The van der Waals surface area contributed by atoms with Crippen molar-refractivity contribution in [2.45, 2.75) is 6.92 Å². The van der Waals surface area contributed by atoms with Gasteiger partial charge < -0.3 is 9.80 Å². The first-order chi connectivity index (χ1) is 11.2. The van der Waals surface area contributed by atoms with Crippen LogP contribution in [0.4, 0.5) is 11.4 Å². The van der Waals surface area contributed by atoms with Crippen molar-refractivity contribution < 1.29 is 19.3 Å². The Morgan fingerprint density at radius 2 is 2.00 bits per heavy atom. The van der Waals surface area contributed by atoms with E-state index in [0.717, 1.165) is 26.2 Å². The zero-order valence-electron chi connectivity index (χ0n) is 14.3. The largest absolute Gasteiger partial charge is 0.325 e. The summed E-state index contributed by atoms with van der Waals surface area (Å²) in [4.78, 5) is 25.7. The third-order valence-electron chi connectivity index (χ3n) is 4.30. The zero-order valence-corrected chi connectivity index (χ0v) is 15.0. The number of hydrogen-bond donors (Lipinski definition) is 2. The molecule has 1 fully saturated rings. The SMILES string of the molecule is CC(=O)Nc1ccc(N(O)C(=O)C[N+]2(C)CCN(C)CC2)cc1Cl. The summed E-state index contributed by atoms with van der Waals surface area (Å²) in [7, 11) is 4.08. The van der Waals surface area contributed by atoms with Gasteiger partial charge in [-0.15, -0.1) is 0 Å². The summed E-state index contributed by atoms with van der Waals surface area (Å²) in [6.45, 7) is 5.16. The van der Waals surface area contributed by atoms with E-state index in [2.05, 4.69) is 17.3 Å². The van der Waals surface area contributed by atoms with Crippen molar-refractivity contribution in [3.8, 4) is 0 Å². The lowest BCUT2D eigenvalue weighted by molar-refractivity contribution is -0.906. The van der Waals surface area contributed by atoms with Crippen LogP contribution in [0.25, 0.3) is 0 Å². The summed E-state index contributed by atoms with van der Waals surface area (Å²) in [5.74, 6) is -0.625. The normalized spacial score (nSPS) is 17.4. The van der Waals surface area contributed by atoms with Crippen LogP contribution in [-0.2, 0) is 9.59 Å². The Labute approximate surface area is 146 Å². The maximum atomic E-state index is 12.4. The lowest BCUT2D eigenvalue weighted by atomic mass is 10.2. The third kappa shape index (κ3) is 4.67. The molecule has 1 aromatic rings. The zero-order chi connectivity index (χ0) is 17.9. The van der Waals surface area contributed by atoms with Gasteiger partial charge in [-0.05, 0) is 25.2 Å². The molecular weight excluding hydrogens is 332 g/mol. The summed E-state index contributed by atoms with van der Waals surface area (Å²) < 4.78 is 0.595. The predicted molar refractivity (Wildman–Crippen MR) is 93.3 cm³/mol. The molecule has 8 heteroatoms. The van der Waals surface area contributed by atoms with Gasteiger partial charge in [0.15, 0.2) is 6.54 Å². The van der Waals surface area contributed by atoms with Crippen LogP contribution in [-0.4, -0.2) is 73.2 Å². The molecule has 7 nitrogen and oxygen atoms in total. The molecule has 0 aromatic heterocycles. The van der Waals surface area contributed by atoms with Crippen LogP contribution < -0.4 is 10.4 Å². The van der Waals surface area contributed by atoms with Crippen molar-refractivity contribution in [3.63, 3.8) is 0 Å². The fourth-order valence-electron chi connectivity index (χ4n) is 2.67. The maximum absolute atomic E-state index is 12.4. The highest BCUT2D eigenvalue weighted by molar-refractivity contribution is 6.34. The first-order valence-corrected chi connectivity index (χ1v) is 8.19. The molecule has 1 heterocycles. The molecular formula is C16H24ClN4O3+. The predicted octanol–water partition coefficient (Wildman–Crippen LogP) is 1.41. The Hall–Kier alpha value is -1.67. The Balaban J connectivity index is 2.05. The van der Waals surface area contributed by atoms with Gasteiger partial charge in [0.2, 0.25) is 5.91 Å². The van der Waals surface area contributed by atoms with Gasteiger partial charge in [-0.2, -0.15) is 5.06 Å². The number of piperazine rings is 1. The highest BCUT2D eigenvalue weighted by Gasteiger charge is 2.32. The topological polar surface area (TPSA) is 72.9 Å². The van der Waals surface area contributed by atoms with E-state index < -0.39 is 0 Å².